The van der Waals surface area contributed by atoms with Crippen LogP contribution in [0.3, 0.4) is 0 Å². The summed E-state index contributed by atoms with van der Waals surface area (Å²) in [5, 5.41) is 9.62. The molecule has 8 rings (SSSR count). The van der Waals surface area contributed by atoms with Crippen molar-refractivity contribution in [3.05, 3.63) is 95.1 Å². The highest BCUT2D eigenvalue weighted by Gasteiger charge is 2.36. The zero-order valence-corrected chi connectivity index (χ0v) is 30.6. The molecule has 2 aliphatic heterocycles. The third-order valence-electron chi connectivity index (χ3n) is 11.2. The smallest absolute Gasteiger partial charge is 0.135 e. The van der Waals surface area contributed by atoms with Crippen molar-refractivity contribution in [1.82, 2.24) is 0 Å². The first-order valence-electron chi connectivity index (χ1n) is 18.7. The van der Waals surface area contributed by atoms with E-state index in [1.165, 1.54) is 65.7 Å². The van der Waals surface area contributed by atoms with Gasteiger partial charge in [0.05, 0.1) is 39.6 Å². The Morgan fingerprint density at radius 3 is 1.06 bits per heavy atom. The lowest BCUT2D eigenvalue weighted by atomic mass is 9.83. The van der Waals surface area contributed by atoms with Gasteiger partial charge >= 0.3 is 0 Å². The second kappa shape index (κ2) is 12.9. The Balaban J connectivity index is 1.50. The van der Waals surface area contributed by atoms with Crippen LogP contribution in [0.15, 0.2) is 72.8 Å². The van der Waals surface area contributed by atoms with Crippen LogP contribution in [0.2, 0.25) is 0 Å². The van der Waals surface area contributed by atoms with E-state index < -0.39 is 0 Å². The molecule has 2 fully saturated rings. The molecular weight excluding hydrogens is 617 g/mol. The van der Waals surface area contributed by atoms with Crippen molar-refractivity contribution in [2.24, 2.45) is 10.8 Å². The van der Waals surface area contributed by atoms with Crippen LogP contribution < -0.4 is 9.47 Å². The SMILES string of the molecule is CCc1ccc2c(-c3c4ccc(CC)cc4c(OCC4(C)COC4)c4ccc(CC)cc34)c3cc(CC)ccc3c(OCC3(C)COC3)c2c1. The number of hydrogen-bond acceptors (Lipinski definition) is 4. The molecule has 0 unspecified atom stereocenters. The molecule has 6 aromatic carbocycles. The molecular formula is C46H50O4. The molecule has 2 saturated heterocycles. The Morgan fingerprint density at radius 1 is 0.440 bits per heavy atom. The van der Waals surface area contributed by atoms with Crippen LogP contribution in [-0.2, 0) is 35.2 Å². The number of fused-ring (bicyclic) bond motifs is 4. The summed E-state index contributed by atoms with van der Waals surface area (Å²) in [5.74, 6) is 1.97. The van der Waals surface area contributed by atoms with Gasteiger partial charge in [0.25, 0.3) is 0 Å². The topological polar surface area (TPSA) is 36.9 Å². The summed E-state index contributed by atoms with van der Waals surface area (Å²) in [7, 11) is 0. The highest BCUT2D eigenvalue weighted by Crippen LogP contribution is 2.51. The summed E-state index contributed by atoms with van der Waals surface area (Å²) in [6.45, 7) is 17.7. The molecule has 50 heavy (non-hydrogen) atoms. The first kappa shape index (κ1) is 33.0. The molecule has 0 aromatic heterocycles. The average molecular weight is 667 g/mol. The summed E-state index contributed by atoms with van der Waals surface area (Å²) in [6.07, 6.45) is 3.85. The molecule has 0 atom stereocenters. The van der Waals surface area contributed by atoms with Gasteiger partial charge in [-0.1, -0.05) is 102 Å². The van der Waals surface area contributed by atoms with Crippen LogP contribution in [0.4, 0.5) is 0 Å². The van der Waals surface area contributed by atoms with Crippen LogP contribution in [0.25, 0.3) is 54.2 Å². The van der Waals surface area contributed by atoms with E-state index in [0.717, 1.165) is 74.4 Å². The van der Waals surface area contributed by atoms with Crippen molar-refractivity contribution in [2.75, 3.05) is 39.6 Å². The Bertz CT molecular complexity index is 2090. The molecule has 0 amide bonds. The van der Waals surface area contributed by atoms with Gasteiger partial charge in [-0.25, -0.2) is 0 Å². The number of rotatable bonds is 11. The summed E-state index contributed by atoms with van der Waals surface area (Å²) in [5.41, 5.74) is 7.87. The van der Waals surface area contributed by atoms with Crippen molar-refractivity contribution in [3.63, 3.8) is 0 Å². The molecule has 4 nitrogen and oxygen atoms in total. The largest absolute Gasteiger partial charge is 0.492 e. The van der Waals surface area contributed by atoms with Gasteiger partial charge in [0.1, 0.15) is 11.5 Å². The predicted molar refractivity (Wildman–Crippen MR) is 208 cm³/mol. The molecule has 0 aliphatic carbocycles. The third kappa shape index (κ3) is 5.61. The number of aryl methyl sites for hydroxylation is 4. The Morgan fingerprint density at radius 2 is 0.760 bits per heavy atom. The van der Waals surface area contributed by atoms with E-state index in [0.29, 0.717) is 13.2 Å². The Hall–Kier alpha value is -4.12. The predicted octanol–water partition coefficient (Wildman–Crippen LogP) is 11.0. The molecule has 4 heteroatoms. The lowest BCUT2D eigenvalue weighted by Crippen LogP contribution is -2.44. The number of hydrogen-bond donors (Lipinski definition) is 0. The first-order chi connectivity index (χ1) is 24.3. The monoisotopic (exact) mass is 666 g/mol. The third-order valence-corrected chi connectivity index (χ3v) is 11.2. The molecule has 6 aromatic rings. The standard InChI is InChI=1S/C46H50O4/c1-7-29-13-17-35-37(19-29)41(33-15-11-31(9-3)21-39(33)43(35)49-27-45(5)23-47-24-45)42-34-16-12-32(10-4)22-40(34)44(50-28-46(6)25-48-26-46)36-18-14-30(8-2)20-38(36)42/h11-22H,7-10,23-28H2,1-6H3. The summed E-state index contributed by atoms with van der Waals surface area (Å²) in [6, 6.07) is 28.1. The molecule has 2 heterocycles. The zero-order valence-electron chi connectivity index (χ0n) is 30.6. The maximum atomic E-state index is 6.93. The van der Waals surface area contributed by atoms with Gasteiger partial charge in [-0.2, -0.15) is 0 Å². The highest BCUT2D eigenvalue weighted by atomic mass is 16.5. The van der Waals surface area contributed by atoms with E-state index in [1.807, 2.05) is 0 Å². The van der Waals surface area contributed by atoms with E-state index in [-0.39, 0.29) is 10.8 Å². The lowest BCUT2D eigenvalue weighted by Gasteiger charge is -2.38. The minimum atomic E-state index is 0.0293. The molecule has 0 spiro atoms. The second-order valence-corrected chi connectivity index (χ2v) is 15.5. The fourth-order valence-corrected chi connectivity index (χ4v) is 7.86. The maximum absolute atomic E-state index is 6.93. The minimum Gasteiger partial charge on any atom is -0.492 e. The lowest BCUT2D eigenvalue weighted by molar-refractivity contribution is -0.120. The van der Waals surface area contributed by atoms with Crippen LogP contribution >= 0.6 is 0 Å². The maximum Gasteiger partial charge on any atom is 0.135 e. The quantitative estimate of drug-likeness (QED) is 0.129. The van der Waals surface area contributed by atoms with E-state index in [4.69, 9.17) is 18.9 Å². The van der Waals surface area contributed by atoms with Crippen LogP contribution in [0.5, 0.6) is 11.5 Å². The Kier molecular flexibility index (Phi) is 8.52. The van der Waals surface area contributed by atoms with Gasteiger partial charge in [0.2, 0.25) is 0 Å². The fourth-order valence-electron chi connectivity index (χ4n) is 7.86. The van der Waals surface area contributed by atoms with E-state index in [9.17, 15) is 0 Å². The summed E-state index contributed by atoms with van der Waals surface area (Å²) in [4.78, 5) is 0. The Labute approximate surface area is 296 Å². The van der Waals surface area contributed by atoms with Gasteiger partial charge in [-0.05, 0) is 92.7 Å². The van der Waals surface area contributed by atoms with Crippen molar-refractivity contribution in [1.29, 1.82) is 0 Å². The molecule has 2 aliphatic rings. The zero-order chi connectivity index (χ0) is 34.6. The highest BCUT2D eigenvalue weighted by molar-refractivity contribution is 6.26. The number of benzene rings is 6. The molecule has 0 bridgehead atoms. The van der Waals surface area contributed by atoms with Gasteiger partial charge in [-0.15, -0.1) is 0 Å². The first-order valence-corrected chi connectivity index (χ1v) is 18.7. The van der Waals surface area contributed by atoms with Gasteiger partial charge in [-0.3, -0.25) is 0 Å². The minimum absolute atomic E-state index is 0.0293. The molecule has 0 radical (unpaired) electrons. The number of ether oxygens (including phenoxy) is 4. The molecule has 258 valence electrons. The van der Waals surface area contributed by atoms with Crippen LogP contribution in [0, 0.1) is 10.8 Å². The summed E-state index contributed by atoms with van der Waals surface area (Å²) < 4.78 is 25.1. The van der Waals surface area contributed by atoms with E-state index in [1.54, 1.807) is 0 Å². The fraction of sp³-hybridized carbons (Fsp3) is 0.391. The normalized spacial score (nSPS) is 16.5. The summed E-state index contributed by atoms with van der Waals surface area (Å²) >= 11 is 0. The second-order valence-electron chi connectivity index (χ2n) is 15.5. The van der Waals surface area contributed by atoms with Crippen molar-refractivity contribution >= 4 is 43.1 Å². The van der Waals surface area contributed by atoms with Crippen LogP contribution in [0.1, 0.15) is 63.8 Å². The molecule has 0 saturated carbocycles. The van der Waals surface area contributed by atoms with Crippen molar-refractivity contribution in [2.45, 2.75) is 67.2 Å². The van der Waals surface area contributed by atoms with Gasteiger partial charge < -0.3 is 18.9 Å². The van der Waals surface area contributed by atoms with E-state index >= 15 is 0 Å². The molecule has 0 N–H and O–H groups in total. The van der Waals surface area contributed by atoms with Gasteiger partial charge in [0, 0.05) is 32.4 Å². The van der Waals surface area contributed by atoms with Crippen LogP contribution in [-0.4, -0.2) is 39.6 Å². The van der Waals surface area contributed by atoms with E-state index in [2.05, 4.69) is 114 Å². The average Bonchev–Trinajstić information content (AvgIpc) is 3.12. The van der Waals surface area contributed by atoms with Crippen molar-refractivity contribution in [3.8, 4) is 22.6 Å². The van der Waals surface area contributed by atoms with Crippen molar-refractivity contribution < 1.29 is 18.9 Å². The van der Waals surface area contributed by atoms with Gasteiger partial charge in [0.15, 0.2) is 0 Å².